The molecule has 1 saturated heterocycles. The van der Waals surface area contributed by atoms with Crippen molar-refractivity contribution in [2.45, 2.75) is 32.0 Å². The lowest BCUT2D eigenvalue weighted by Gasteiger charge is -2.28. The standard InChI is InChI=1S/C9H16FNO2/c1-9(2)6(4-5-11-9)7(10)8(12)13-3/h6-7,11H,4-5H2,1-3H3. The zero-order valence-electron chi connectivity index (χ0n) is 8.26. The minimum atomic E-state index is -1.50. The second-order valence-corrected chi connectivity index (χ2v) is 3.97. The highest BCUT2D eigenvalue weighted by atomic mass is 19.1. The molecule has 2 atom stereocenters. The van der Waals surface area contributed by atoms with Crippen molar-refractivity contribution in [3.05, 3.63) is 0 Å². The van der Waals surface area contributed by atoms with Crippen molar-refractivity contribution < 1.29 is 13.9 Å². The lowest BCUT2D eigenvalue weighted by atomic mass is 9.85. The van der Waals surface area contributed by atoms with E-state index in [0.29, 0.717) is 6.42 Å². The first-order valence-electron chi connectivity index (χ1n) is 4.46. The number of ether oxygens (including phenoxy) is 1. The molecule has 0 saturated carbocycles. The van der Waals surface area contributed by atoms with E-state index in [1.807, 2.05) is 13.8 Å². The molecule has 2 unspecified atom stereocenters. The smallest absolute Gasteiger partial charge is 0.340 e. The summed E-state index contributed by atoms with van der Waals surface area (Å²) in [6.45, 7) is 4.56. The number of rotatable bonds is 2. The quantitative estimate of drug-likeness (QED) is 0.655. The average Bonchev–Trinajstić information content (AvgIpc) is 2.42. The summed E-state index contributed by atoms with van der Waals surface area (Å²) in [5.74, 6) is -1.04. The van der Waals surface area contributed by atoms with Gasteiger partial charge in [0.05, 0.1) is 7.11 Å². The summed E-state index contributed by atoms with van der Waals surface area (Å²) in [6, 6.07) is 0. The maximum Gasteiger partial charge on any atom is 0.340 e. The van der Waals surface area contributed by atoms with Gasteiger partial charge in [-0.05, 0) is 26.8 Å². The summed E-state index contributed by atoms with van der Waals surface area (Å²) in [6.07, 6.45) is -0.821. The van der Waals surface area contributed by atoms with Crippen LogP contribution in [0.5, 0.6) is 0 Å². The molecule has 0 aromatic heterocycles. The number of carbonyl (C=O) groups excluding carboxylic acids is 1. The first-order chi connectivity index (χ1) is 5.99. The van der Waals surface area contributed by atoms with Crippen LogP contribution in [-0.2, 0) is 9.53 Å². The monoisotopic (exact) mass is 189 g/mol. The lowest BCUT2D eigenvalue weighted by molar-refractivity contribution is -0.149. The van der Waals surface area contributed by atoms with Crippen molar-refractivity contribution in [1.82, 2.24) is 5.32 Å². The Kier molecular flexibility index (Phi) is 2.91. The fourth-order valence-electron chi connectivity index (χ4n) is 1.83. The van der Waals surface area contributed by atoms with Gasteiger partial charge < -0.3 is 10.1 Å². The molecule has 1 heterocycles. The summed E-state index contributed by atoms with van der Waals surface area (Å²) in [7, 11) is 1.21. The average molecular weight is 189 g/mol. The van der Waals surface area contributed by atoms with Crippen molar-refractivity contribution in [3.63, 3.8) is 0 Å². The Bertz CT molecular complexity index is 206. The third-order valence-electron chi connectivity index (χ3n) is 2.74. The topological polar surface area (TPSA) is 38.3 Å². The van der Waals surface area contributed by atoms with E-state index >= 15 is 0 Å². The molecule has 4 heteroatoms. The van der Waals surface area contributed by atoms with Crippen molar-refractivity contribution >= 4 is 5.97 Å². The van der Waals surface area contributed by atoms with Gasteiger partial charge in [-0.2, -0.15) is 0 Å². The molecule has 0 aromatic rings. The number of esters is 1. The number of alkyl halides is 1. The molecule has 1 N–H and O–H groups in total. The van der Waals surface area contributed by atoms with Crippen LogP contribution in [0, 0.1) is 5.92 Å². The molecule has 1 aliphatic heterocycles. The van der Waals surface area contributed by atoms with Gasteiger partial charge in [-0.25, -0.2) is 9.18 Å². The fraction of sp³-hybridized carbons (Fsp3) is 0.889. The lowest BCUT2D eigenvalue weighted by Crippen LogP contribution is -2.44. The molecule has 0 aliphatic carbocycles. The first-order valence-corrected chi connectivity index (χ1v) is 4.46. The molecule has 1 fully saturated rings. The van der Waals surface area contributed by atoms with Gasteiger partial charge in [0.25, 0.3) is 0 Å². The van der Waals surface area contributed by atoms with Gasteiger partial charge in [-0.3, -0.25) is 0 Å². The molecule has 0 bridgehead atoms. The highest BCUT2D eigenvalue weighted by molar-refractivity contribution is 5.75. The summed E-state index contributed by atoms with van der Waals surface area (Å²) < 4.78 is 17.9. The van der Waals surface area contributed by atoms with Gasteiger partial charge in [0.1, 0.15) is 0 Å². The number of hydrogen-bond acceptors (Lipinski definition) is 3. The van der Waals surface area contributed by atoms with Gasteiger partial charge in [0.2, 0.25) is 6.17 Å². The van der Waals surface area contributed by atoms with E-state index in [4.69, 9.17) is 0 Å². The number of hydrogen-bond donors (Lipinski definition) is 1. The van der Waals surface area contributed by atoms with Crippen LogP contribution in [0.4, 0.5) is 4.39 Å². The SMILES string of the molecule is COC(=O)C(F)C1CCNC1(C)C. The molecule has 0 radical (unpaired) electrons. The molecule has 0 amide bonds. The Labute approximate surface area is 77.6 Å². The Hall–Kier alpha value is -0.640. The van der Waals surface area contributed by atoms with E-state index in [9.17, 15) is 9.18 Å². The maximum atomic E-state index is 13.5. The number of methoxy groups -OCH3 is 1. The van der Waals surface area contributed by atoms with Gasteiger partial charge in [-0.15, -0.1) is 0 Å². The fourth-order valence-corrected chi connectivity index (χ4v) is 1.83. The van der Waals surface area contributed by atoms with Crippen LogP contribution in [0.25, 0.3) is 0 Å². The molecule has 0 aromatic carbocycles. The van der Waals surface area contributed by atoms with Gasteiger partial charge >= 0.3 is 5.97 Å². The second-order valence-electron chi connectivity index (χ2n) is 3.97. The summed E-state index contributed by atoms with van der Waals surface area (Å²) in [5.41, 5.74) is -0.312. The van der Waals surface area contributed by atoms with Gasteiger partial charge in [0, 0.05) is 11.5 Å². The van der Waals surface area contributed by atoms with Crippen LogP contribution < -0.4 is 5.32 Å². The highest BCUT2D eigenvalue weighted by Crippen LogP contribution is 2.30. The molecular weight excluding hydrogens is 173 g/mol. The summed E-state index contributed by atoms with van der Waals surface area (Å²) in [4.78, 5) is 11.0. The Morgan fingerprint density at radius 2 is 2.31 bits per heavy atom. The van der Waals surface area contributed by atoms with Crippen molar-refractivity contribution in [2.75, 3.05) is 13.7 Å². The molecule has 1 rings (SSSR count). The maximum absolute atomic E-state index is 13.5. The normalized spacial score (nSPS) is 28.5. The zero-order chi connectivity index (χ0) is 10.1. The largest absolute Gasteiger partial charge is 0.467 e. The Morgan fingerprint density at radius 1 is 1.69 bits per heavy atom. The molecule has 1 aliphatic rings. The minimum Gasteiger partial charge on any atom is -0.467 e. The van der Waals surface area contributed by atoms with E-state index in [1.165, 1.54) is 7.11 Å². The second kappa shape index (κ2) is 3.62. The third kappa shape index (κ3) is 1.99. The Morgan fingerprint density at radius 3 is 2.69 bits per heavy atom. The molecule has 3 nitrogen and oxygen atoms in total. The Balaban J connectivity index is 2.66. The van der Waals surface area contributed by atoms with E-state index in [-0.39, 0.29) is 11.5 Å². The van der Waals surface area contributed by atoms with Crippen LogP contribution in [0.1, 0.15) is 20.3 Å². The van der Waals surface area contributed by atoms with E-state index in [1.54, 1.807) is 0 Å². The van der Waals surface area contributed by atoms with E-state index < -0.39 is 12.1 Å². The van der Waals surface area contributed by atoms with Crippen LogP contribution in [0.3, 0.4) is 0 Å². The number of carbonyl (C=O) groups is 1. The predicted molar refractivity (Wildman–Crippen MR) is 47.1 cm³/mol. The van der Waals surface area contributed by atoms with Crippen LogP contribution in [0.2, 0.25) is 0 Å². The zero-order valence-corrected chi connectivity index (χ0v) is 8.26. The third-order valence-corrected chi connectivity index (χ3v) is 2.74. The number of nitrogens with one attached hydrogen (secondary N) is 1. The highest BCUT2D eigenvalue weighted by Gasteiger charge is 2.43. The molecule has 76 valence electrons. The van der Waals surface area contributed by atoms with Crippen molar-refractivity contribution in [1.29, 1.82) is 0 Å². The van der Waals surface area contributed by atoms with Gasteiger partial charge in [0.15, 0.2) is 0 Å². The van der Waals surface area contributed by atoms with Crippen LogP contribution in [0.15, 0.2) is 0 Å². The summed E-state index contributed by atoms with van der Waals surface area (Å²) >= 11 is 0. The van der Waals surface area contributed by atoms with E-state index in [0.717, 1.165) is 6.54 Å². The predicted octanol–water partition coefficient (Wildman–Crippen LogP) is 0.886. The van der Waals surface area contributed by atoms with Crippen molar-refractivity contribution in [2.24, 2.45) is 5.92 Å². The molecular formula is C9H16FNO2. The number of halogens is 1. The van der Waals surface area contributed by atoms with E-state index in [2.05, 4.69) is 10.1 Å². The first kappa shape index (κ1) is 10.4. The van der Waals surface area contributed by atoms with Crippen LogP contribution in [-0.4, -0.2) is 31.3 Å². The van der Waals surface area contributed by atoms with Gasteiger partial charge in [-0.1, -0.05) is 0 Å². The van der Waals surface area contributed by atoms with Crippen molar-refractivity contribution in [3.8, 4) is 0 Å². The minimum absolute atomic E-state index is 0.278. The molecule has 0 spiro atoms. The van der Waals surface area contributed by atoms with Crippen LogP contribution >= 0.6 is 0 Å². The molecule has 13 heavy (non-hydrogen) atoms. The summed E-state index contributed by atoms with van der Waals surface area (Å²) in [5, 5.41) is 3.16.